The molecule has 0 bridgehead atoms. The summed E-state index contributed by atoms with van der Waals surface area (Å²) in [5.74, 6) is -1.20. The summed E-state index contributed by atoms with van der Waals surface area (Å²) in [5.41, 5.74) is 0.374. The fourth-order valence-electron chi connectivity index (χ4n) is 6.62. The maximum absolute atomic E-state index is 14.6. The van der Waals surface area contributed by atoms with E-state index in [-0.39, 0.29) is 54.1 Å². The van der Waals surface area contributed by atoms with Crippen LogP contribution in [-0.2, 0) is 34.0 Å². The fourth-order valence-corrected chi connectivity index (χ4v) is 8.86. The molecule has 2 aliphatic heterocycles. The third kappa shape index (κ3) is 5.58. The van der Waals surface area contributed by atoms with E-state index in [1.165, 1.54) is 25.1 Å². The molecule has 3 N–H and O–H groups in total. The number of benzene rings is 1. The molecule has 1 saturated heterocycles. The molecule has 0 radical (unpaired) electrons. The van der Waals surface area contributed by atoms with Gasteiger partial charge in [-0.1, -0.05) is 11.6 Å². The highest BCUT2D eigenvalue weighted by Gasteiger charge is 2.55. The topological polar surface area (TPSA) is 109 Å². The molecule has 1 aromatic carbocycles. The molecule has 1 aliphatic carbocycles. The van der Waals surface area contributed by atoms with Crippen LogP contribution in [0, 0.1) is 12.7 Å². The fraction of sp³-hybridized carbons (Fsp3) is 0.556. The molecule has 0 atom stereocenters. The van der Waals surface area contributed by atoms with Gasteiger partial charge in [0.15, 0.2) is 9.84 Å². The van der Waals surface area contributed by atoms with E-state index in [4.69, 9.17) is 11.6 Å². The van der Waals surface area contributed by atoms with E-state index in [1.54, 1.807) is 6.92 Å². The Labute approximate surface area is 231 Å². The van der Waals surface area contributed by atoms with Crippen LogP contribution < -0.4 is 16.0 Å². The lowest BCUT2D eigenvalue weighted by atomic mass is 9.66. The number of hydrogen-bond donors (Lipinski definition) is 3. The second-order valence-corrected chi connectivity index (χ2v) is 14.4. The Hall–Kier alpha value is -2.50. The molecular weight excluding hydrogens is 550 g/mol. The number of carbonyl (C=O) groups excluding carboxylic acids is 2. The minimum absolute atomic E-state index is 0.0158. The summed E-state index contributed by atoms with van der Waals surface area (Å²) in [4.78, 5) is 26.6. The summed E-state index contributed by atoms with van der Waals surface area (Å²) in [6.45, 7) is 6.02. The number of rotatable bonds is 8. The van der Waals surface area contributed by atoms with Crippen LogP contribution in [0.25, 0.3) is 0 Å². The Morgan fingerprint density at radius 2 is 1.87 bits per heavy atom. The van der Waals surface area contributed by atoms with E-state index >= 15 is 0 Å². The Morgan fingerprint density at radius 1 is 1.18 bits per heavy atom. The van der Waals surface area contributed by atoms with Gasteiger partial charge in [-0.15, -0.1) is 0 Å². The smallest absolute Gasteiger partial charge is 0.272 e. The van der Waals surface area contributed by atoms with Crippen molar-refractivity contribution in [2.24, 2.45) is 0 Å². The Kier molecular flexibility index (Phi) is 6.87. The molecule has 212 valence electrons. The zero-order chi connectivity index (χ0) is 28.4. The van der Waals surface area contributed by atoms with Crippen molar-refractivity contribution in [3.63, 3.8) is 0 Å². The summed E-state index contributed by atoms with van der Waals surface area (Å²) in [7, 11) is -3.05. The van der Waals surface area contributed by atoms with Crippen LogP contribution in [-0.4, -0.2) is 59.6 Å². The van der Waals surface area contributed by atoms with Gasteiger partial charge in [0.05, 0.1) is 28.5 Å². The summed E-state index contributed by atoms with van der Waals surface area (Å²) in [6, 6.07) is 3.96. The van der Waals surface area contributed by atoms with Crippen molar-refractivity contribution >= 4 is 38.9 Å². The van der Waals surface area contributed by atoms with Gasteiger partial charge in [0.1, 0.15) is 17.2 Å². The molecule has 2 fully saturated rings. The largest absolute Gasteiger partial charge is 0.349 e. The normalized spacial score (nSPS) is 26.3. The van der Waals surface area contributed by atoms with Crippen molar-refractivity contribution < 1.29 is 26.8 Å². The first-order valence-electron chi connectivity index (χ1n) is 13.0. The van der Waals surface area contributed by atoms with Gasteiger partial charge in [0.2, 0.25) is 5.91 Å². The SMILES string of the molecule is Cc1c(CC(=O)NC2(CNC3(C)CS(=O)(=O)C3)CC(C)(F)C2)c2n(c1C(=O)Nc1ccc(F)c(Cl)c1)CCC2. The molecule has 1 aromatic heterocycles. The van der Waals surface area contributed by atoms with Crippen molar-refractivity contribution in [2.75, 3.05) is 23.4 Å². The van der Waals surface area contributed by atoms with Gasteiger partial charge in [0, 0.05) is 42.9 Å². The highest BCUT2D eigenvalue weighted by atomic mass is 35.5. The molecule has 3 heterocycles. The molecule has 2 amide bonds. The van der Waals surface area contributed by atoms with Crippen LogP contribution >= 0.6 is 11.6 Å². The number of amides is 2. The van der Waals surface area contributed by atoms with Crippen molar-refractivity contribution in [1.29, 1.82) is 0 Å². The van der Waals surface area contributed by atoms with Gasteiger partial charge >= 0.3 is 0 Å². The number of hydrogen-bond acceptors (Lipinski definition) is 5. The summed E-state index contributed by atoms with van der Waals surface area (Å²) < 4.78 is 53.5. The van der Waals surface area contributed by atoms with E-state index in [9.17, 15) is 26.8 Å². The number of aromatic nitrogens is 1. The van der Waals surface area contributed by atoms with Crippen LogP contribution in [0.3, 0.4) is 0 Å². The molecular formula is C27H33ClF2N4O4S. The first-order valence-corrected chi connectivity index (χ1v) is 15.2. The quantitative estimate of drug-likeness (QED) is 0.442. The summed E-state index contributed by atoms with van der Waals surface area (Å²) in [6.07, 6.45) is 1.85. The van der Waals surface area contributed by atoms with Crippen molar-refractivity contribution in [3.8, 4) is 0 Å². The first kappa shape index (κ1) is 28.0. The van der Waals surface area contributed by atoms with Gasteiger partial charge in [-0.05, 0) is 62.9 Å². The van der Waals surface area contributed by atoms with Crippen LogP contribution in [0.1, 0.15) is 60.4 Å². The van der Waals surface area contributed by atoms with E-state index < -0.39 is 32.4 Å². The molecule has 0 spiro atoms. The van der Waals surface area contributed by atoms with Crippen LogP contribution in [0.4, 0.5) is 14.5 Å². The number of carbonyl (C=O) groups is 2. The first-order chi connectivity index (χ1) is 18.1. The number of halogens is 3. The number of anilines is 1. The lowest BCUT2D eigenvalue weighted by Gasteiger charge is -2.52. The van der Waals surface area contributed by atoms with Gasteiger partial charge in [-0.25, -0.2) is 17.2 Å². The zero-order valence-electron chi connectivity index (χ0n) is 22.2. The van der Waals surface area contributed by atoms with E-state index in [0.717, 1.165) is 24.1 Å². The Bertz CT molecular complexity index is 1450. The molecule has 12 heteroatoms. The summed E-state index contributed by atoms with van der Waals surface area (Å²) >= 11 is 5.86. The predicted octanol–water partition coefficient (Wildman–Crippen LogP) is 3.48. The number of sulfone groups is 1. The van der Waals surface area contributed by atoms with Gasteiger partial charge in [-0.2, -0.15) is 0 Å². The molecule has 0 unspecified atom stereocenters. The molecule has 39 heavy (non-hydrogen) atoms. The minimum Gasteiger partial charge on any atom is -0.349 e. The molecule has 3 aliphatic rings. The number of nitrogens with one attached hydrogen (secondary N) is 3. The monoisotopic (exact) mass is 582 g/mol. The number of fused-ring (bicyclic) bond motifs is 1. The number of alkyl halides is 1. The highest BCUT2D eigenvalue weighted by molar-refractivity contribution is 7.93. The molecule has 1 saturated carbocycles. The zero-order valence-corrected chi connectivity index (χ0v) is 23.8. The van der Waals surface area contributed by atoms with Crippen LogP contribution in [0.5, 0.6) is 0 Å². The van der Waals surface area contributed by atoms with Gasteiger partial charge < -0.3 is 20.5 Å². The van der Waals surface area contributed by atoms with Gasteiger partial charge in [0.25, 0.3) is 5.91 Å². The maximum atomic E-state index is 14.6. The van der Waals surface area contributed by atoms with Crippen LogP contribution in [0.15, 0.2) is 18.2 Å². The summed E-state index contributed by atoms with van der Waals surface area (Å²) in [5, 5.41) is 8.96. The van der Waals surface area contributed by atoms with E-state index in [1.807, 2.05) is 11.5 Å². The van der Waals surface area contributed by atoms with Crippen molar-refractivity contribution in [2.45, 2.75) is 76.2 Å². The lowest BCUT2D eigenvalue weighted by Crippen LogP contribution is -2.71. The number of nitrogens with zero attached hydrogens (tertiary/aromatic N) is 1. The van der Waals surface area contributed by atoms with Gasteiger partial charge in [-0.3, -0.25) is 9.59 Å². The molecule has 8 nitrogen and oxygen atoms in total. The van der Waals surface area contributed by atoms with Crippen molar-refractivity contribution in [1.82, 2.24) is 15.2 Å². The van der Waals surface area contributed by atoms with E-state index in [0.29, 0.717) is 23.5 Å². The van der Waals surface area contributed by atoms with E-state index in [2.05, 4.69) is 16.0 Å². The predicted molar refractivity (Wildman–Crippen MR) is 145 cm³/mol. The Balaban J connectivity index is 1.31. The highest BCUT2D eigenvalue weighted by Crippen LogP contribution is 2.44. The van der Waals surface area contributed by atoms with Crippen LogP contribution in [0.2, 0.25) is 5.02 Å². The average molecular weight is 583 g/mol. The molecule has 2 aromatic rings. The Morgan fingerprint density at radius 3 is 2.49 bits per heavy atom. The lowest BCUT2D eigenvalue weighted by molar-refractivity contribution is -0.126. The standard InChI is InChI=1S/C27H33ClF2N4O4S/c1-16-18(21-5-4-8-34(21)23(16)24(36)32-17-6-7-20(29)19(28)9-17)10-22(35)33-27(11-25(2,30)12-27)13-31-26(3)14-39(37,38)15-26/h6-7,9,31H,4-5,8,10-15H2,1-3H3,(H,32,36)(H,33,35). The van der Waals surface area contributed by atoms with Crippen molar-refractivity contribution in [3.05, 3.63) is 51.6 Å². The second kappa shape index (κ2) is 9.55. The average Bonchev–Trinajstić information content (AvgIpc) is 3.33. The third-order valence-electron chi connectivity index (χ3n) is 8.03. The third-order valence-corrected chi connectivity index (χ3v) is 10.5. The maximum Gasteiger partial charge on any atom is 0.272 e. The molecule has 5 rings (SSSR count). The second-order valence-electron chi connectivity index (χ2n) is 12.0. The minimum atomic E-state index is -3.05.